The van der Waals surface area contributed by atoms with Gasteiger partial charge in [0.15, 0.2) is 14.3 Å². The molecule has 8 aromatic carbocycles. The summed E-state index contributed by atoms with van der Waals surface area (Å²) in [4.78, 5) is 2.04. The topological polar surface area (TPSA) is 37.4 Å². The van der Waals surface area contributed by atoms with Crippen molar-refractivity contribution in [2.75, 3.05) is 4.90 Å². The van der Waals surface area contributed by atoms with Gasteiger partial charge in [0.25, 0.3) is 0 Å². The van der Waals surface area contributed by atoms with Crippen LogP contribution in [-0.2, 0) is 9.13 Å². The maximum atomic E-state index is 16.6. The van der Waals surface area contributed by atoms with Crippen LogP contribution in [0.3, 0.4) is 0 Å². The molecule has 56 heavy (non-hydrogen) atoms. The number of benzene rings is 8. The molecule has 0 saturated carbocycles. The van der Waals surface area contributed by atoms with Crippen molar-refractivity contribution in [3.8, 4) is 33.4 Å². The molecule has 3 nitrogen and oxygen atoms in total. The van der Waals surface area contributed by atoms with E-state index in [-0.39, 0.29) is 0 Å². The van der Waals surface area contributed by atoms with Crippen LogP contribution in [-0.4, -0.2) is 0 Å². The SMILES string of the molecule is O=P1(c2ccccc2)c2cc(-c3cccc(F)c3)ccc2N2c3ccc(-c4cccc(F)c4)cc3P(=O)(c3ccccc3)c3cc(-c4cccc(F)c4)cc1c32. The number of hydrogen-bond donors (Lipinski definition) is 0. The molecule has 2 aliphatic rings. The van der Waals surface area contributed by atoms with Crippen molar-refractivity contribution >= 4 is 63.2 Å². The van der Waals surface area contributed by atoms with E-state index in [0.717, 1.165) is 0 Å². The molecule has 2 atom stereocenters. The molecule has 0 spiro atoms. The molecule has 0 aliphatic carbocycles. The van der Waals surface area contributed by atoms with Crippen molar-refractivity contribution in [3.05, 3.63) is 199 Å². The van der Waals surface area contributed by atoms with Crippen molar-refractivity contribution in [2.24, 2.45) is 0 Å². The van der Waals surface area contributed by atoms with E-state index in [1.807, 2.05) is 126 Å². The predicted molar refractivity (Wildman–Crippen MR) is 223 cm³/mol. The number of rotatable bonds is 5. The molecule has 0 saturated heterocycles. The average Bonchev–Trinajstić information content (AvgIpc) is 3.23. The summed E-state index contributed by atoms with van der Waals surface area (Å²) in [7, 11) is -7.64. The molecule has 8 heteroatoms. The lowest BCUT2D eigenvalue weighted by Gasteiger charge is -2.45. The number of anilines is 3. The summed E-state index contributed by atoms with van der Waals surface area (Å²) in [5, 5.41) is 3.10. The van der Waals surface area contributed by atoms with E-state index in [4.69, 9.17) is 0 Å². The molecule has 0 N–H and O–H groups in total. The number of hydrogen-bond acceptors (Lipinski definition) is 3. The predicted octanol–water partition coefficient (Wildman–Crippen LogP) is 10.5. The first-order valence-corrected chi connectivity index (χ1v) is 21.5. The van der Waals surface area contributed by atoms with Crippen molar-refractivity contribution in [3.63, 3.8) is 0 Å². The Hall–Kier alpha value is -6.19. The smallest absolute Gasteiger partial charge is 0.175 e. The maximum absolute atomic E-state index is 16.6. The number of fused-ring (bicyclic) bond motifs is 4. The third kappa shape index (κ3) is 5.21. The summed E-state index contributed by atoms with van der Waals surface area (Å²) in [6.07, 6.45) is 0. The van der Waals surface area contributed by atoms with Gasteiger partial charge >= 0.3 is 0 Å². The number of nitrogens with zero attached hydrogens (tertiary/aromatic N) is 1. The first-order valence-electron chi connectivity index (χ1n) is 18.1. The highest BCUT2D eigenvalue weighted by molar-refractivity contribution is 7.88. The second-order valence-corrected chi connectivity index (χ2v) is 19.4. The van der Waals surface area contributed by atoms with Crippen molar-refractivity contribution < 1.29 is 22.3 Å². The fourth-order valence-corrected chi connectivity index (χ4v) is 14.5. The Morgan fingerprint density at radius 3 is 1.09 bits per heavy atom. The van der Waals surface area contributed by atoms with Crippen LogP contribution in [0.15, 0.2) is 182 Å². The van der Waals surface area contributed by atoms with Gasteiger partial charge in [-0.1, -0.05) is 109 Å². The minimum absolute atomic E-state index is 0.392. The zero-order valence-corrected chi connectivity index (χ0v) is 31.4. The fraction of sp³-hybridized carbons (Fsp3) is 0. The lowest BCUT2D eigenvalue weighted by Crippen LogP contribution is -2.46. The molecule has 10 rings (SSSR count). The van der Waals surface area contributed by atoms with Gasteiger partial charge in [-0.3, -0.25) is 0 Å². The zero-order chi connectivity index (χ0) is 38.2. The fourth-order valence-electron chi connectivity index (χ4n) is 8.24. The van der Waals surface area contributed by atoms with Gasteiger partial charge < -0.3 is 14.0 Å². The summed E-state index contributed by atoms with van der Waals surface area (Å²) in [5.74, 6) is -1.23. The summed E-state index contributed by atoms with van der Waals surface area (Å²) in [6, 6.07) is 52.3. The first-order chi connectivity index (χ1) is 27.2. The van der Waals surface area contributed by atoms with Crippen LogP contribution in [0.4, 0.5) is 30.2 Å². The van der Waals surface area contributed by atoms with Gasteiger partial charge in [-0.05, 0) is 106 Å². The molecule has 0 aromatic heterocycles. The molecular weight excluding hydrogens is 741 g/mol. The van der Waals surface area contributed by atoms with Crippen LogP contribution in [0.5, 0.6) is 0 Å². The summed E-state index contributed by atoms with van der Waals surface area (Å²) in [5.41, 5.74) is 5.50. The Labute approximate surface area is 322 Å². The van der Waals surface area contributed by atoms with E-state index in [9.17, 15) is 13.2 Å². The Morgan fingerprint density at radius 1 is 0.339 bits per heavy atom. The first kappa shape index (κ1) is 34.3. The van der Waals surface area contributed by atoms with Gasteiger partial charge in [0.2, 0.25) is 0 Å². The Morgan fingerprint density at radius 2 is 0.696 bits per heavy atom. The molecular formula is C48H30F3NO2P2. The number of halogens is 3. The van der Waals surface area contributed by atoms with Crippen molar-refractivity contribution in [2.45, 2.75) is 0 Å². The standard InChI is InChI=1S/C48H30F3NO2P2/c49-37-13-7-10-31(24-37)34-20-22-42-44(27-34)55(53,40-16-3-1-4-17-40)46-29-36(33-12-9-15-39(51)26-33)30-47-48(46)52(42)43-23-21-35(32-11-8-14-38(50)25-32)28-45(43)56(47,54)41-18-5-2-6-19-41/h1-30H. The van der Waals surface area contributed by atoms with Gasteiger partial charge in [0.1, 0.15) is 17.5 Å². The van der Waals surface area contributed by atoms with Gasteiger partial charge in [-0.25, -0.2) is 13.2 Å². The molecule has 270 valence electrons. The van der Waals surface area contributed by atoms with Crippen LogP contribution < -0.4 is 36.7 Å². The van der Waals surface area contributed by atoms with Gasteiger partial charge in [-0.15, -0.1) is 0 Å². The molecule has 0 bridgehead atoms. The van der Waals surface area contributed by atoms with Crippen LogP contribution >= 0.6 is 14.3 Å². The molecule has 2 unspecified atom stereocenters. The maximum Gasteiger partial charge on any atom is 0.175 e. The Kier molecular flexibility index (Phi) is 7.94. The summed E-state index contributed by atoms with van der Waals surface area (Å²) >= 11 is 0. The quantitative estimate of drug-likeness (QED) is 0.164. The van der Waals surface area contributed by atoms with E-state index in [2.05, 4.69) is 0 Å². The largest absolute Gasteiger partial charge is 0.308 e. The highest BCUT2D eigenvalue weighted by Crippen LogP contribution is 2.61. The molecule has 0 amide bonds. The van der Waals surface area contributed by atoms with Crippen LogP contribution in [0.2, 0.25) is 0 Å². The monoisotopic (exact) mass is 771 g/mol. The van der Waals surface area contributed by atoms with Gasteiger partial charge in [0.05, 0.1) is 17.1 Å². The average molecular weight is 772 g/mol. The molecule has 8 aromatic rings. The van der Waals surface area contributed by atoms with E-state index in [1.165, 1.54) is 36.4 Å². The lowest BCUT2D eigenvalue weighted by molar-refractivity contribution is 0.592. The Balaban J connectivity index is 1.37. The van der Waals surface area contributed by atoms with Crippen LogP contribution in [0.1, 0.15) is 0 Å². The highest BCUT2D eigenvalue weighted by Gasteiger charge is 2.50. The van der Waals surface area contributed by atoms with Crippen molar-refractivity contribution in [1.29, 1.82) is 0 Å². The van der Waals surface area contributed by atoms with Crippen LogP contribution in [0.25, 0.3) is 33.4 Å². The normalized spacial score (nSPS) is 17.8. The summed E-state index contributed by atoms with van der Waals surface area (Å²) in [6.45, 7) is 0. The minimum Gasteiger partial charge on any atom is -0.308 e. The second-order valence-electron chi connectivity index (χ2n) is 14.0. The Bertz CT molecular complexity index is 2810. The minimum atomic E-state index is -3.82. The van der Waals surface area contributed by atoms with Gasteiger partial charge in [0, 0.05) is 31.8 Å². The van der Waals surface area contributed by atoms with Crippen molar-refractivity contribution in [1.82, 2.24) is 0 Å². The van der Waals surface area contributed by atoms with E-state index in [1.54, 1.807) is 24.3 Å². The molecule has 2 heterocycles. The molecule has 0 radical (unpaired) electrons. The second kappa shape index (κ2) is 13.0. The van der Waals surface area contributed by atoms with E-state index >= 15 is 9.13 Å². The van der Waals surface area contributed by atoms with E-state index < -0.39 is 31.7 Å². The lowest BCUT2D eigenvalue weighted by atomic mass is 10.0. The molecule has 2 aliphatic heterocycles. The van der Waals surface area contributed by atoms with Crippen LogP contribution in [0, 0.1) is 17.5 Å². The third-order valence-electron chi connectivity index (χ3n) is 10.8. The van der Waals surface area contributed by atoms with E-state index in [0.29, 0.717) is 82.3 Å². The van der Waals surface area contributed by atoms with Gasteiger partial charge in [-0.2, -0.15) is 0 Å². The third-order valence-corrected chi connectivity index (χ3v) is 17.0. The zero-order valence-electron chi connectivity index (χ0n) is 29.6. The highest BCUT2D eigenvalue weighted by atomic mass is 31.2. The summed E-state index contributed by atoms with van der Waals surface area (Å²) < 4.78 is 77.5. The molecule has 0 fully saturated rings.